The third-order valence-corrected chi connectivity index (χ3v) is 3.11. The average molecular weight is 223 g/mol. The van der Waals surface area contributed by atoms with Gasteiger partial charge in [0.15, 0.2) is 11.5 Å². The zero-order chi connectivity index (χ0) is 12.0. The molecular formula is C15H13NO. The normalized spacial score (nSPS) is 12.1. The third-order valence-electron chi connectivity index (χ3n) is 3.11. The molecule has 1 aliphatic heterocycles. The number of aryl methyl sites for hydroxylation is 1. The standard InChI is InChI=1S/C15H13NO/c1-9-8-10(2)14-15(11(9)3)17-13-7-5-4-6-12(13)16-14/h4-8H,1H2,2-3H3. The Hall–Kier alpha value is -2.09. The Morgan fingerprint density at radius 3 is 2.76 bits per heavy atom. The van der Waals surface area contributed by atoms with Crippen LogP contribution in [-0.4, -0.2) is 0 Å². The van der Waals surface area contributed by atoms with Gasteiger partial charge in [0.1, 0.15) is 11.0 Å². The molecule has 0 bridgehead atoms. The highest BCUT2D eigenvalue weighted by molar-refractivity contribution is 5.57. The Kier molecular flexibility index (Phi) is 2.05. The predicted molar refractivity (Wildman–Crippen MR) is 68.4 cm³/mol. The maximum absolute atomic E-state index is 5.94. The molecule has 2 aromatic rings. The van der Waals surface area contributed by atoms with E-state index < -0.39 is 0 Å². The minimum atomic E-state index is 0.813. The Bertz CT molecular complexity index is 716. The van der Waals surface area contributed by atoms with Gasteiger partial charge in [-0.25, -0.2) is 4.99 Å². The topological polar surface area (TPSA) is 21.6 Å². The Morgan fingerprint density at radius 1 is 1.18 bits per heavy atom. The lowest BCUT2D eigenvalue weighted by atomic mass is 10.1. The second kappa shape index (κ2) is 3.45. The second-order valence-corrected chi connectivity index (χ2v) is 4.34. The molecule has 2 heteroatoms. The lowest BCUT2D eigenvalue weighted by molar-refractivity contribution is 0.465. The van der Waals surface area contributed by atoms with E-state index >= 15 is 0 Å². The van der Waals surface area contributed by atoms with E-state index in [1.807, 2.05) is 38.1 Å². The summed E-state index contributed by atoms with van der Waals surface area (Å²) < 4.78 is 5.94. The summed E-state index contributed by atoms with van der Waals surface area (Å²) in [7, 11) is 0. The van der Waals surface area contributed by atoms with E-state index in [4.69, 9.17) is 4.74 Å². The number of hydrogen-bond donors (Lipinski definition) is 0. The van der Waals surface area contributed by atoms with Gasteiger partial charge in [-0.3, -0.25) is 0 Å². The number of rotatable bonds is 0. The van der Waals surface area contributed by atoms with Gasteiger partial charge in [0, 0.05) is 5.56 Å². The summed E-state index contributed by atoms with van der Waals surface area (Å²) in [6, 6.07) is 9.87. The minimum Gasteiger partial charge on any atom is -0.453 e. The van der Waals surface area contributed by atoms with E-state index in [9.17, 15) is 0 Å². The lowest BCUT2D eigenvalue weighted by Gasteiger charge is -2.17. The van der Waals surface area contributed by atoms with Crippen LogP contribution >= 0.6 is 0 Å². The van der Waals surface area contributed by atoms with Gasteiger partial charge in [-0.05, 0) is 42.8 Å². The molecule has 0 atom stereocenters. The molecule has 84 valence electrons. The van der Waals surface area contributed by atoms with Crippen LogP contribution in [0.3, 0.4) is 0 Å². The smallest absolute Gasteiger partial charge is 0.156 e. The van der Waals surface area contributed by atoms with Crippen molar-refractivity contribution in [3.05, 3.63) is 52.0 Å². The maximum atomic E-state index is 5.94. The SMILES string of the molecule is C=c1cc(C)c2c(c1C)Oc1ccccc1N=2. The van der Waals surface area contributed by atoms with Crippen LogP contribution in [0.25, 0.3) is 6.58 Å². The fourth-order valence-corrected chi connectivity index (χ4v) is 2.07. The van der Waals surface area contributed by atoms with E-state index in [2.05, 4.69) is 17.6 Å². The Balaban J connectivity index is 2.42. The summed E-state index contributed by atoms with van der Waals surface area (Å²) >= 11 is 0. The third kappa shape index (κ3) is 1.45. The van der Waals surface area contributed by atoms with E-state index in [0.29, 0.717) is 0 Å². The van der Waals surface area contributed by atoms with Gasteiger partial charge >= 0.3 is 0 Å². The summed E-state index contributed by atoms with van der Waals surface area (Å²) in [5.41, 5.74) is 3.05. The lowest BCUT2D eigenvalue weighted by Crippen LogP contribution is -2.20. The van der Waals surface area contributed by atoms with Crippen molar-refractivity contribution in [2.24, 2.45) is 4.99 Å². The van der Waals surface area contributed by atoms with Crippen LogP contribution in [-0.2, 0) is 0 Å². The molecule has 0 fully saturated rings. The van der Waals surface area contributed by atoms with Gasteiger partial charge in [0.05, 0.1) is 0 Å². The van der Waals surface area contributed by atoms with E-state index in [1.54, 1.807) is 0 Å². The van der Waals surface area contributed by atoms with Gasteiger partial charge in [-0.15, -0.1) is 0 Å². The first-order valence-electron chi connectivity index (χ1n) is 5.61. The number of hydrogen-bond acceptors (Lipinski definition) is 2. The summed E-state index contributed by atoms with van der Waals surface area (Å²) in [4.78, 5) is 4.66. The Morgan fingerprint density at radius 2 is 1.94 bits per heavy atom. The molecule has 0 radical (unpaired) electrons. The molecule has 3 rings (SSSR count). The highest BCUT2D eigenvalue weighted by Crippen LogP contribution is 2.34. The summed E-state index contributed by atoms with van der Waals surface area (Å²) in [6.07, 6.45) is 0. The maximum Gasteiger partial charge on any atom is 0.156 e. The number of ether oxygens (including phenoxy) is 1. The molecule has 0 amide bonds. The molecule has 2 aromatic carbocycles. The van der Waals surface area contributed by atoms with E-state index in [-0.39, 0.29) is 0 Å². The highest BCUT2D eigenvalue weighted by atomic mass is 16.5. The summed E-state index contributed by atoms with van der Waals surface area (Å²) in [6.45, 7) is 8.08. The van der Waals surface area contributed by atoms with Crippen LogP contribution in [0.2, 0.25) is 0 Å². The summed E-state index contributed by atoms with van der Waals surface area (Å²) in [5, 5.41) is 1.92. The molecule has 0 saturated heterocycles. The quantitative estimate of drug-likeness (QED) is 0.574. The van der Waals surface area contributed by atoms with Crippen molar-refractivity contribution in [2.45, 2.75) is 13.8 Å². The van der Waals surface area contributed by atoms with Crippen molar-refractivity contribution in [1.29, 1.82) is 0 Å². The van der Waals surface area contributed by atoms with Crippen molar-refractivity contribution >= 4 is 12.3 Å². The molecule has 17 heavy (non-hydrogen) atoms. The molecule has 0 saturated carbocycles. The molecule has 1 aliphatic rings. The zero-order valence-corrected chi connectivity index (χ0v) is 9.95. The molecule has 0 unspecified atom stereocenters. The zero-order valence-electron chi connectivity index (χ0n) is 9.95. The highest BCUT2D eigenvalue weighted by Gasteiger charge is 2.15. The van der Waals surface area contributed by atoms with Crippen molar-refractivity contribution < 1.29 is 4.74 Å². The first-order valence-corrected chi connectivity index (χ1v) is 5.61. The molecule has 0 N–H and O–H groups in total. The number of nitrogens with zero attached hydrogens (tertiary/aromatic N) is 1. The largest absolute Gasteiger partial charge is 0.453 e. The van der Waals surface area contributed by atoms with Crippen molar-refractivity contribution in [2.75, 3.05) is 0 Å². The monoisotopic (exact) mass is 223 g/mol. The van der Waals surface area contributed by atoms with Gasteiger partial charge in [-0.2, -0.15) is 0 Å². The molecule has 1 heterocycles. The van der Waals surface area contributed by atoms with Gasteiger partial charge < -0.3 is 4.74 Å². The van der Waals surface area contributed by atoms with Crippen LogP contribution in [0, 0.1) is 13.8 Å². The van der Waals surface area contributed by atoms with Gasteiger partial charge in [0.2, 0.25) is 0 Å². The molecular weight excluding hydrogens is 210 g/mol. The van der Waals surface area contributed by atoms with Crippen LogP contribution in [0.15, 0.2) is 35.3 Å². The van der Waals surface area contributed by atoms with Gasteiger partial charge in [-0.1, -0.05) is 18.7 Å². The first kappa shape index (κ1) is 10.1. The molecule has 0 aromatic heterocycles. The molecule has 0 aliphatic carbocycles. The van der Waals surface area contributed by atoms with Crippen molar-refractivity contribution in [3.8, 4) is 11.5 Å². The summed E-state index contributed by atoms with van der Waals surface area (Å²) in [5.74, 6) is 1.65. The van der Waals surface area contributed by atoms with Gasteiger partial charge in [0.25, 0.3) is 0 Å². The first-order chi connectivity index (χ1) is 8.16. The minimum absolute atomic E-state index is 0.813. The Labute approximate surface area is 99.9 Å². The van der Waals surface area contributed by atoms with Crippen LogP contribution in [0.4, 0.5) is 5.69 Å². The number of para-hydroxylation sites is 2. The second-order valence-electron chi connectivity index (χ2n) is 4.34. The predicted octanol–water partition coefficient (Wildman–Crippen LogP) is 2.77. The van der Waals surface area contributed by atoms with Crippen LogP contribution in [0.1, 0.15) is 11.1 Å². The average Bonchev–Trinajstić information content (AvgIpc) is 2.34. The van der Waals surface area contributed by atoms with Crippen molar-refractivity contribution in [1.82, 2.24) is 0 Å². The van der Waals surface area contributed by atoms with Crippen LogP contribution < -0.4 is 15.3 Å². The van der Waals surface area contributed by atoms with Crippen molar-refractivity contribution in [3.63, 3.8) is 0 Å². The van der Waals surface area contributed by atoms with Crippen LogP contribution in [0.5, 0.6) is 11.5 Å². The molecule has 0 spiro atoms. The number of fused-ring (bicyclic) bond motifs is 2. The molecule has 2 nitrogen and oxygen atoms in total. The fraction of sp³-hybridized carbons (Fsp3) is 0.133. The fourth-order valence-electron chi connectivity index (χ4n) is 2.07. The van der Waals surface area contributed by atoms with E-state index in [1.165, 1.54) is 0 Å². The number of benzene rings is 2. The van der Waals surface area contributed by atoms with E-state index in [0.717, 1.165) is 38.9 Å².